The minimum atomic E-state index is -0.894. The number of methoxy groups -OCH3 is 1. The molecule has 2 rings (SSSR count). The largest absolute Gasteiger partial charge is 0.497 e. The fourth-order valence-corrected chi connectivity index (χ4v) is 1.98. The molecule has 0 saturated carbocycles. The molecule has 1 aliphatic heterocycles. The van der Waals surface area contributed by atoms with E-state index in [-0.39, 0.29) is 12.4 Å². The molecule has 0 aromatic heterocycles. The summed E-state index contributed by atoms with van der Waals surface area (Å²) in [7, 11) is 1.63. The molecule has 0 bridgehead atoms. The molecule has 6 heteroatoms. The Morgan fingerprint density at radius 1 is 1.47 bits per heavy atom. The Labute approximate surface area is 118 Å². The second-order valence-corrected chi connectivity index (χ2v) is 4.28. The Morgan fingerprint density at radius 3 is 2.74 bits per heavy atom. The molecular weight excluding hydrogens is 270 g/mol. The first-order valence-electron chi connectivity index (χ1n) is 5.89. The molecule has 1 fully saturated rings. The Hall–Kier alpha value is -1.30. The summed E-state index contributed by atoms with van der Waals surface area (Å²) in [5, 5.41) is 8.92. The predicted octanol–water partition coefficient (Wildman–Crippen LogP) is 1.40. The first kappa shape index (κ1) is 15.8. The third kappa shape index (κ3) is 4.38. The van der Waals surface area contributed by atoms with E-state index in [1.807, 2.05) is 24.3 Å². The number of hydrogen-bond acceptors (Lipinski definition) is 4. The summed E-state index contributed by atoms with van der Waals surface area (Å²) in [4.78, 5) is 13.0. The Balaban J connectivity index is 0.00000180. The van der Waals surface area contributed by atoms with Gasteiger partial charge in [-0.1, -0.05) is 12.1 Å². The second-order valence-electron chi connectivity index (χ2n) is 4.28. The van der Waals surface area contributed by atoms with Crippen LogP contribution in [0.4, 0.5) is 0 Å². The number of hydrogen-bond donors (Lipinski definition) is 1. The minimum Gasteiger partial charge on any atom is -0.497 e. The van der Waals surface area contributed by atoms with Crippen molar-refractivity contribution in [3.05, 3.63) is 29.8 Å². The molecular formula is C13H18ClNO4. The number of carbonyl (C=O) groups is 1. The molecule has 1 aromatic carbocycles. The predicted molar refractivity (Wildman–Crippen MR) is 72.9 cm³/mol. The lowest BCUT2D eigenvalue weighted by Crippen LogP contribution is -2.45. The van der Waals surface area contributed by atoms with Crippen molar-refractivity contribution in [1.29, 1.82) is 0 Å². The first-order valence-corrected chi connectivity index (χ1v) is 5.89. The number of carboxylic acid groups (broad SMARTS) is 1. The highest BCUT2D eigenvalue weighted by Gasteiger charge is 2.25. The standard InChI is InChI=1S/C13H17NO4.ClH/c1-17-11-4-2-10(3-5-11)8-14-6-7-18-12(9-14)13(15)16;/h2-5,12H,6-9H2,1H3,(H,15,16);1H. The summed E-state index contributed by atoms with van der Waals surface area (Å²) in [6, 6.07) is 7.79. The number of ether oxygens (including phenoxy) is 2. The van der Waals surface area contributed by atoms with Gasteiger partial charge in [0.2, 0.25) is 0 Å². The highest BCUT2D eigenvalue weighted by molar-refractivity contribution is 5.85. The van der Waals surface area contributed by atoms with Crippen LogP contribution in [-0.2, 0) is 16.1 Å². The maximum absolute atomic E-state index is 10.9. The van der Waals surface area contributed by atoms with Crippen LogP contribution in [0.25, 0.3) is 0 Å². The van der Waals surface area contributed by atoms with Crippen molar-refractivity contribution in [2.75, 3.05) is 26.8 Å². The van der Waals surface area contributed by atoms with Crippen LogP contribution in [-0.4, -0.2) is 48.9 Å². The molecule has 1 saturated heterocycles. The SMILES string of the molecule is COc1ccc(CN2CCOC(C(=O)O)C2)cc1.Cl. The van der Waals surface area contributed by atoms with Gasteiger partial charge >= 0.3 is 5.97 Å². The van der Waals surface area contributed by atoms with Crippen LogP contribution < -0.4 is 4.74 Å². The number of halogens is 1. The first-order chi connectivity index (χ1) is 8.69. The molecule has 0 amide bonds. The Kier molecular flexibility index (Phi) is 6.08. The number of nitrogens with zero attached hydrogens (tertiary/aromatic N) is 1. The van der Waals surface area contributed by atoms with Crippen molar-refractivity contribution in [3.8, 4) is 5.75 Å². The number of morpholine rings is 1. The van der Waals surface area contributed by atoms with E-state index in [1.54, 1.807) is 7.11 Å². The lowest BCUT2D eigenvalue weighted by molar-refractivity contribution is -0.156. The van der Waals surface area contributed by atoms with Gasteiger partial charge in [0.25, 0.3) is 0 Å². The maximum atomic E-state index is 10.9. The molecule has 1 heterocycles. The van der Waals surface area contributed by atoms with Gasteiger partial charge in [0.15, 0.2) is 6.10 Å². The fourth-order valence-electron chi connectivity index (χ4n) is 1.98. The van der Waals surface area contributed by atoms with Crippen LogP contribution in [0.15, 0.2) is 24.3 Å². The average molecular weight is 288 g/mol. The zero-order chi connectivity index (χ0) is 13.0. The van der Waals surface area contributed by atoms with Gasteiger partial charge in [0, 0.05) is 19.6 Å². The van der Waals surface area contributed by atoms with E-state index in [0.29, 0.717) is 13.2 Å². The van der Waals surface area contributed by atoms with Gasteiger partial charge in [0.1, 0.15) is 5.75 Å². The van der Waals surface area contributed by atoms with Gasteiger partial charge in [-0.15, -0.1) is 12.4 Å². The van der Waals surface area contributed by atoms with E-state index in [0.717, 1.165) is 24.4 Å². The molecule has 1 unspecified atom stereocenters. The van der Waals surface area contributed by atoms with Gasteiger partial charge in [-0.05, 0) is 17.7 Å². The normalized spacial score (nSPS) is 19.5. The summed E-state index contributed by atoms with van der Waals surface area (Å²) < 4.78 is 10.3. The molecule has 0 spiro atoms. The highest BCUT2D eigenvalue weighted by atomic mass is 35.5. The van der Waals surface area contributed by atoms with E-state index in [1.165, 1.54) is 0 Å². The molecule has 1 aromatic rings. The zero-order valence-corrected chi connectivity index (χ0v) is 11.6. The van der Waals surface area contributed by atoms with Crippen molar-refractivity contribution in [2.24, 2.45) is 0 Å². The van der Waals surface area contributed by atoms with Crippen molar-refractivity contribution < 1.29 is 19.4 Å². The molecule has 19 heavy (non-hydrogen) atoms. The van der Waals surface area contributed by atoms with Crippen LogP contribution in [0, 0.1) is 0 Å². The third-order valence-electron chi connectivity index (χ3n) is 2.99. The van der Waals surface area contributed by atoms with Crippen molar-refractivity contribution in [1.82, 2.24) is 4.90 Å². The van der Waals surface area contributed by atoms with E-state index >= 15 is 0 Å². The number of carboxylic acids is 1. The highest BCUT2D eigenvalue weighted by Crippen LogP contribution is 2.14. The van der Waals surface area contributed by atoms with Gasteiger partial charge in [-0.25, -0.2) is 4.79 Å². The number of rotatable bonds is 4. The molecule has 106 valence electrons. The summed E-state index contributed by atoms with van der Waals surface area (Å²) >= 11 is 0. The van der Waals surface area contributed by atoms with Crippen molar-refractivity contribution in [3.63, 3.8) is 0 Å². The van der Waals surface area contributed by atoms with Crippen LogP contribution in [0.1, 0.15) is 5.56 Å². The fraction of sp³-hybridized carbons (Fsp3) is 0.462. The summed E-state index contributed by atoms with van der Waals surface area (Å²) in [5.41, 5.74) is 1.14. The molecule has 1 N–H and O–H groups in total. The molecule has 1 atom stereocenters. The van der Waals surface area contributed by atoms with E-state index < -0.39 is 12.1 Å². The summed E-state index contributed by atoms with van der Waals surface area (Å²) in [6.07, 6.45) is -0.711. The van der Waals surface area contributed by atoms with E-state index in [2.05, 4.69) is 4.90 Å². The summed E-state index contributed by atoms with van der Waals surface area (Å²) in [5.74, 6) is -0.0708. The van der Waals surface area contributed by atoms with Gasteiger partial charge in [-0.2, -0.15) is 0 Å². The van der Waals surface area contributed by atoms with Gasteiger partial charge < -0.3 is 14.6 Å². The zero-order valence-electron chi connectivity index (χ0n) is 10.7. The Morgan fingerprint density at radius 2 is 2.16 bits per heavy atom. The monoisotopic (exact) mass is 287 g/mol. The topological polar surface area (TPSA) is 59.0 Å². The van der Waals surface area contributed by atoms with Crippen LogP contribution >= 0.6 is 12.4 Å². The van der Waals surface area contributed by atoms with Crippen LogP contribution in [0.3, 0.4) is 0 Å². The molecule has 1 aliphatic rings. The quantitative estimate of drug-likeness (QED) is 0.907. The smallest absolute Gasteiger partial charge is 0.334 e. The molecule has 0 radical (unpaired) electrons. The molecule has 5 nitrogen and oxygen atoms in total. The average Bonchev–Trinajstić information content (AvgIpc) is 2.40. The maximum Gasteiger partial charge on any atom is 0.334 e. The van der Waals surface area contributed by atoms with Crippen molar-refractivity contribution in [2.45, 2.75) is 12.6 Å². The minimum absolute atomic E-state index is 0. The van der Waals surface area contributed by atoms with Crippen LogP contribution in [0.5, 0.6) is 5.75 Å². The second kappa shape index (κ2) is 7.33. The van der Waals surface area contributed by atoms with Crippen molar-refractivity contribution >= 4 is 18.4 Å². The lowest BCUT2D eigenvalue weighted by Gasteiger charge is -2.30. The summed E-state index contributed by atoms with van der Waals surface area (Å²) in [6.45, 7) is 2.39. The van der Waals surface area contributed by atoms with E-state index in [9.17, 15) is 4.79 Å². The van der Waals surface area contributed by atoms with Gasteiger partial charge in [-0.3, -0.25) is 4.90 Å². The van der Waals surface area contributed by atoms with E-state index in [4.69, 9.17) is 14.6 Å². The van der Waals surface area contributed by atoms with Crippen LogP contribution in [0.2, 0.25) is 0 Å². The third-order valence-corrected chi connectivity index (χ3v) is 2.99. The lowest BCUT2D eigenvalue weighted by atomic mass is 10.2. The van der Waals surface area contributed by atoms with Gasteiger partial charge in [0.05, 0.1) is 13.7 Å². The number of aliphatic carboxylic acids is 1. The molecule has 0 aliphatic carbocycles. The number of benzene rings is 1. The Bertz CT molecular complexity index is 410.